The van der Waals surface area contributed by atoms with Gasteiger partial charge in [0.25, 0.3) is 0 Å². The largest absolute Gasteiger partial charge is 0.497 e. The van der Waals surface area contributed by atoms with E-state index in [1.54, 1.807) is 18.4 Å². The molecule has 0 aliphatic carbocycles. The maximum Gasteiger partial charge on any atom is 0.191 e. The van der Waals surface area contributed by atoms with Crippen LogP contribution >= 0.6 is 11.3 Å². The highest BCUT2D eigenvalue weighted by Gasteiger charge is 2.06. The number of benzene rings is 1. The number of nitrogens with one attached hydrogen (secondary N) is 2. The molecule has 2 heterocycles. The van der Waals surface area contributed by atoms with Crippen LogP contribution in [0.5, 0.6) is 5.75 Å². The predicted octanol–water partition coefficient (Wildman–Crippen LogP) is 3.21. The highest BCUT2D eigenvalue weighted by molar-refractivity contribution is 7.11. The van der Waals surface area contributed by atoms with Crippen molar-refractivity contribution in [1.82, 2.24) is 25.4 Å². The first-order valence-electron chi connectivity index (χ1n) is 9.23. The van der Waals surface area contributed by atoms with Crippen LogP contribution in [-0.2, 0) is 13.1 Å². The monoisotopic (exact) mass is 398 g/mol. The lowest BCUT2D eigenvalue weighted by Crippen LogP contribution is -2.36. The Bertz CT molecular complexity index is 909. The van der Waals surface area contributed by atoms with Crippen molar-refractivity contribution in [2.24, 2.45) is 4.99 Å². The summed E-state index contributed by atoms with van der Waals surface area (Å²) in [5.74, 6) is 1.58. The number of nitrogens with zero attached hydrogens (tertiary/aromatic N) is 4. The van der Waals surface area contributed by atoms with Crippen LogP contribution in [0, 0.1) is 13.8 Å². The van der Waals surface area contributed by atoms with Crippen molar-refractivity contribution in [1.29, 1.82) is 0 Å². The van der Waals surface area contributed by atoms with Crippen molar-refractivity contribution in [2.75, 3.05) is 13.7 Å². The molecule has 3 aromatic rings. The maximum absolute atomic E-state index is 5.20. The molecule has 0 saturated carbocycles. The van der Waals surface area contributed by atoms with Gasteiger partial charge in [0.1, 0.15) is 10.8 Å². The average molecular weight is 399 g/mol. The van der Waals surface area contributed by atoms with Crippen LogP contribution < -0.4 is 15.4 Å². The zero-order valence-corrected chi connectivity index (χ0v) is 17.5. The molecule has 0 atom stereocenters. The number of aliphatic imine (C=N–C) groups is 1. The number of hydrogen-bond donors (Lipinski definition) is 2. The third-order valence-electron chi connectivity index (χ3n) is 4.20. The molecular weight excluding hydrogens is 372 g/mol. The van der Waals surface area contributed by atoms with Gasteiger partial charge >= 0.3 is 0 Å². The highest BCUT2D eigenvalue weighted by Crippen LogP contribution is 2.16. The lowest BCUT2D eigenvalue weighted by molar-refractivity contribution is 0.414. The van der Waals surface area contributed by atoms with Crippen molar-refractivity contribution < 1.29 is 4.74 Å². The lowest BCUT2D eigenvalue weighted by atomic mass is 10.3. The minimum absolute atomic E-state index is 0.494. The van der Waals surface area contributed by atoms with Gasteiger partial charge in [-0.05, 0) is 51.1 Å². The Kier molecular flexibility index (Phi) is 6.65. The summed E-state index contributed by atoms with van der Waals surface area (Å²) in [6.45, 7) is 8.12. The molecule has 0 unspecified atom stereocenters. The molecule has 0 fully saturated rings. The van der Waals surface area contributed by atoms with Crippen LogP contribution in [0.2, 0.25) is 0 Å². The third-order valence-corrected chi connectivity index (χ3v) is 5.28. The van der Waals surface area contributed by atoms with Crippen molar-refractivity contribution in [3.05, 3.63) is 57.8 Å². The summed E-state index contributed by atoms with van der Waals surface area (Å²) in [7, 11) is 1.66. The molecule has 0 aliphatic heterocycles. The standard InChI is InChI=1S/C20H26N6OS/c1-5-21-20(23-13-19-24-14(2)15(3)28-19)22-12-16-10-11-26(25-16)17-6-8-18(27-4)9-7-17/h6-11H,5,12-13H2,1-4H3,(H2,21,22,23). The Morgan fingerprint density at radius 1 is 1.18 bits per heavy atom. The average Bonchev–Trinajstić information content (AvgIpc) is 3.31. The summed E-state index contributed by atoms with van der Waals surface area (Å²) < 4.78 is 7.03. The molecule has 3 rings (SSSR count). The zero-order valence-electron chi connectivity index (χ0n) is 16.7. The quantitative estimate of drug-likeness (QED) is 0.472. The van der Waals surface area contributed by atoms with Crippen molar-refractivity contribution in [3.63, 3.8) is 0 Å². The van der Waals surface area contributed by atoms with Gasteiger partial charge in [0.15, 0.2) is 5.96 Å². The number of thiazole rings is 1. The van der Waals surface area contributed by atoms with Gasteiger partial charge in [-0.2, -0.15) is 5.10 Å². The van der Waals surface area contributed by atoms with Gasteiger partial charge in [-0.25, -0.2) is 14.7 Å². The van der Waals surface area contributed by atoms with Crippen LogP contribution in [0.4, 0.5) is 0 Å². The fourth-order valence-electron chi connectivity index (χ4n) is 2.60. The molecule has 1 aromatic carbocycles. The van der Waals surface area contributed by atoms with E-state index in [0.717, 1.165) is 40.3 Å². The highest BCUT2D eigenvalue weighted by atomic mass is 32.1. The van der Waals surface area contributed by atoms with E-state index in [1.807, 2.05) is 55.1 Å². The van der Waals surface area contributed by atoms with Gasteiger partial charge in [-0.1, -0.05) is 0 Å². The molecule has 0 radical (unpaired) electrons. The van der Waals surface area contributed by atoms with Gasteiger partial charge in [0.05, 0.1) is 37.3 Å². The second-order valence-electron chi connectivity index (χ2n) is 6.25. The fraction of sp³-hybridized carbons (Fsp3) is 0.350. The van der Waals surface area contributed by atoms with Crippen LogP contribution in [-0.4, -0.2) is 34.4 Å². The molecule has 2 aromatic heterocycles. The van der Waals surface area contributed by atoms with Crippen molar-refractivity contribution in [2.45, 2.75) is 33.9 Å². The van der Waals surface area contributed by atoms with E-state index in [1.165, 1.54) is 4.88 Å². The van der Waals surface area contributed by atoms with E-state index in [9.17, 15) is 0 Å². The Hall–Kier alpha value is -2.87. The van der Waals surface area contributed by atoms with E-state index in [0.29, 0.717) is 13.1 Å². The predicted molar refractivity (Wildman–Crippen MR) is 113 cm³/mol. The molecule has 8 heteroatoms. The number of aryl methyl sites for hydroxylation is 2. The number of aromatic nitrogens is 3. The van der Waals surface area contributed by atoms with Gasteiger partial charge in [-0.3, -0.25) is 0 Å². The summed E-state index contributed by atoms with van der Waals surface area (Å²) in [4.78, 5) is 10.4. The Balaban J connectivity index is 1.63. The molecule has 0 aliphatic rings. The van der Waals surface area contributed by atoms with E-state index in [-0.39, 0.29) is 0 Å². The second kappa shape index (κ2) is 9.36. The molecule has 0 saturated heterocycles. The summed E-state index contributed by atoms with van der Waals surface area (Å²) in [6, 6.07) is 9.77. The topological polar surface area (TPSA) is 76.4 Å². The first-order chi connectivity index (χ1) is 13.6. The third kappa shape index (κ3) is 5.10. The van der Waals surface area contributed by atoms with Crippen molar-refractivity contribution in [3.8, 4) is 11.4 Å². The van der Waals surface area contributed by atoms with Crippen LogP contribution in [0.15, 0.2) is 41.5 Å². The van der Waals surface area contributed by atoms with E-state index in [2.05, 4.69) is 32.6 Å². The Labute approximate surface area is 169 Å². The van der Waals surface area contributed by atoms with E-state index in [4.69, 9.17) is 4.74 Å². The smallest absolute Gasteiger partial charge is 0.191 e. The van der Waals surface area contributed by atoms with Crippen LogP contribution in [0.1, 0.15) is 28.2 Å². The van der Waals surface area contributed by atoms with Gasteiger partial charge in [-0.15, -0.1) is 11.3 Å². The minimum Gasteiger partial charge on any atom is -0.497 e. The zero-order chi connectivity index (χ0) is 19.9. The molecule has 28 heavy (non-hydrogen) atoms. The lowest BCUT2D eigenvalue weighted by Gasteiger charge is -2.09. The van der Waals surface area contributed by atoms with Gasteiger partial charge in [0, 0.05) is 17.6 Å². The Morgan fingerprint density at radius 3 is 2.61 bits per heavy atom. The molecule has 148 valence electrons. The number of guanidine groups is 1. The molecule has 2 N–H and O–H groups in total. The van der Waals surface area contributed by atoms with Crippen LogP contribution in [0.3, 0.4) is 0 Å². The molecule has 7 nitrogen and oxygen atoms in total. The normalized spacial score (nSPS) is 11.5. The number of methoxy groups -OCH3 is 1. The summed E-state index contributed by atoms with van der Waals surface area (Å²) in [6.07, 6.45) is 1.94. The van der Waals surface area contributed by atoms with Gasteiger partial charge < -0.3 is 15.4 Å². The summed E-state index contributed by atoms with van der Waals surface area (Å²) in [5, 5.41) is 12.3. The molecule has 0 bridgehead atoms. The minimum atomic E-state index is 0.494. The van der Waals surface area contributed by atoms with E-state index >= 15 is 0 Å². The fourth-order valence-corrected chi connectivity index (χ4v) is 3.47. The van der Waals surface area contributed by atoms with Crippen molar-refractivity contribution >= 4 is 17.3 Å². The second-order valence-corrected chi connectivity index (χ2v) is 7.54. The molecule has 0 spiro atoms. The summed E-state index contributed by atoms with van der Waals surface area (Å²) >= 11 is 1.71. The van der Waals surface area contributed by atoms with Gasteiger partial charge in [0.2, 0.25) is 0 Å². The number of hydrogen-bond acceptors (Lipinski definition) is 5. The first kappa shape index (κ1) is 19.9. The number of ether oxygens (including phenoxy) is 1. The molecular formula is C20H26N6OS. The maximum atomic E-state index is 5.20. The molecule has 0 amide bonds. The summed E-state index contributed by atoms with van der Waals surface area (Å²) in [5.41, 5.74) is 2.97. The first-order valence-corrected chi connectivity index (χ1v) is 10.0. The SMILES string of the molecule is CCNC(=NCc1ccn(-c2ccc(OC)cc2)n1)NCc1nc(C)c(C)s1. The van der Waals surface area contributed by atoms with Crippen LogP contribution in [0.25, 0.3) is 5.69 Å². The van der Waals surface area contributed by atoms with E-state index < -0.39 is 0 Å². The Morgan fingerprint density at radius 2 is 1.96 bits per heavy atom. The number of rotatable bonds is 7.